The van der Waals surface area contributed by atoms with Crippen molar-refractivity contribution in [2.45, 2.75) is 33.7 Å². The van der Waals surface area contributed by atoms with Crippen LogP contribution in [0.2, 0.25) is 0 Å². The summed E-state index contributed by atoms with van der Waals surface area (Å²) < 4.78 is 3.79. The zero-order chi connectivity index (χ0) is 15.1. The Hall–Kier alpha value is -1.56. The smallest absolute Gasteiger partial charge is 0.224 e. The predicted molar refractivity (Wildman–Crippen MR) is 78.6 cm³/mol. The van der Waals surface area contributed by atoms with Crippen molar-refractivity contribution in [2.75, 3.05) is 5.88 Å². The number of halogens is 1. The number of hydrogen-bond donors (Lipinski definition) is 1. The number of carbonyl (C=O) groups is 1. The number of imidazole rings is 1. The molecule has 7 heteroatoms. The molecule has 0 unspecified atom stereocenters. The number of aromatic nitrogens is 4. The van der Waals surface area contributed by atoms with Crippen LogP contribution in [0.25, 0.3) is 11.2 Å². The molecule has 0 saturated carbocycles. The van der Waals surface area contributed by atoms with Crippen LogP contribution in [0.3, 0.4) is 0 Å². The van der Waals surface area contributed by atoms with Crippen molar-refractivity contribution >= 4 is 28.7 Å². The minimum atomic E-state index is -0.660. The Labute approximate surface area is 122 Å². The Morgan fingerprint density at radius 1 is 1.45 bits per heavy atom. The van der Waals surface area contributed by atoms with Crippen molar-refractivity contribution in [3.63, 3.8) is 0 Å². The van der Waals surface area contributed by atoms with Crippen molar-refractivity contribution in [2.24, 2.45) is 18.2 Å². The minimum Gasteiger partial charge on any atom is -0.369 e. The summed E-state index contributed by atoms with van der Waals surface area (Å²) in [6.07, 6.45) is 0.643. The normalized spacial score (nSPS) is 12.2. The zero-order valence-electron chi connectivity index (χ0n) is 12.3. The van der Waals surface area contributed by atoms with E-state index < -0.39 is 5.41 Å². The molecule has 0 saturated heterocycles. The number of rotatable bonds is 5. The summed E-state index contributed by atoms with van der Waals surface area (Å²) in [5.74, 6) is 1.00. The van der Waals surface area contributed by atoms with E-state index >= 15 is 0 Å². The lowest BCUT2D eigenvalue weighted by molar-refractivity contribution is -0.126. The summed E-state index contributed by atoms with van der Waals surface area (Å²) in [4.78, 5) is 16.2. The molecule has 6 nitrogen and oxygen atoms in total. The first kappa shape index (κ1) is 14.8. The molecule has 1 amide bonds. The van der Waals surface area contributed by atoms with Gasteiger partial charge in [0.15, 0.2) is 5.65 Å². The summed E-state index contributed by atoms with van der Waals surface area (Å²) in [5.41, 5.74) is 7.44. The number of amides is 1. The Morgan fingerprint density at radius 2 is 2.10 bits per heavy atom. The molecule has 0 bridgehead atoms. The third kappa shape index (κ3) is 2.40. The lowest BCUT2D eigenvalue weighted by atomic mass is 9.92. The molecule has 0 radical (unpaired) electrons. The molecule has 0 atom stereocenters. The van der Waals surface area contributed by atoms with Gasteiger partial charge in [-0.2, -0.15) is 5.10 Å². The molecule has 2 aromatic rings. The van der Waals surface area contributed by atoms with Gasteiger partial charge in [-0.25, -0.2) is 4.98 Å². The van der Waals surface area contributed by atoms with Gasteiger partial charge in [0, 0.05) is 25.9 Å². The van der Waals surface area contributed by atoms with Gasteiger partial charge in [0.25, 0.3) is 0 Å². The van der Waals surface area contributed by atoms with Crippen LogP contribution >= 0.6 is 11.6 Å². The summed E-state index contributed by atoms with van der Waals surface area (Å²) in [6, 6.07) is 0. The van der Waals surface area contributed by atoms with Crippen LogP contribution in [0.5, 0.6) is 0 Å². The molecular formula is C13H20ClN5O. The van der Waals surface area contributed by atoms with Gasteiger partial charge in [-0.1, -0.05) is 0 Å². The van der Waals surface area contributed by atoms with E-state index in [4.69, 9.17) is 17.3 Å². The Balaban J connectivity index is 2.59. The van der Waals surface area contributed by atoms with Gasteiger partial charge in [-0.3, -0.25) is 9.48 Å². The Bertz CT molecular complexity index is 655. The van der Waals surface area contributed by atoms with Crippen LogP contribution in [-0.2, 0) is 24.8 Å². The van der Waals surface area contributed by atoms with Gasteiger partial charge in [-0.05, 0) is 20.8 Å². The number of nitrogens with zero attached hydrogens (tertiary/aromatic N) is 4. The third-order valence-corrected chi connectivity index (χ3v) is 3.70. The highest BCUT2D eigenvalue weighted by atomic mass is 35.5. The topological polar surface area (TPSA) is 78.7 Å². The second-order valence-electron chi connectivity index (χ2n) is 5.68. The highest BCUT2D eigenvalue weighted by Gasteiger charge is 2.29. The van der Waals surface area contributed by atoms with Gasteiger partial charge < -0.3 is 10.3 Å². The van der Waals surface area contributed by atoms with Crippen molar-refractivity contribution in [3.05, 3.63) is 11.5 Å². The summed E-state index contributed by atoms with van der Waals surface area (Å²) in [6.45, 7) is 6.04. The molecule has 0 fully saturated rings. The van der Waals surface area contributed by atoms with Gasteiger partial charge in [0.1, 0.15) is 11.3 Å². The second-order valence-corrected chi connectivity index (χ2v) is 6.06. The van der Waals surface area contributed by atoms with E-state index in [9.17, 15) is 4.79 Å². The highest BCUT2D eigenvalue weighted by Crippen LogP contribution is 2.25. The van der Waals surface area contributed by atoms with Crippen LogP contribution in [0.15, 0.2) is 0 Å². The Kier molecular flexibility index (Phi) is 3.77. The fourth-order valence-electron chi connectivity index (χ4n) is 2.29. The molecule has 0 aliphatic rings. The van der Waals surface area contributed by atoms with Crippen molar-refractivity contribution in [1.82, 2.24) is 19.3 Å². The summed E-state index contributed by atoms with van der Waals surface area (Å²) >= 11 is 5.85. The van der Waals surface area contributed by atoms with Crippen LogP contribution in [0, 0.1) is 12.3 Å². The van der Waals surface area contributed by atoms with Crippen molar-refractivity contribution in [3.8, 4) is 0 Å². The number of nitrogens with two attached hydrogens (primary N) is 1. The lowest BCUT2D eigenvalue weighted by Crippen LogP contribution is -2.36. The third-order valence-electron chi connectivity index (χ3n) is 3.51. The first-order chi connectivity index (χ1) is 9.27. The van der Waals surface area contributed by atoms with Crippen LogP contribution < -0.4 is 5.73 Å². The van der Waals surface area contributed by atoms with E-state index in [1.807, 2.05) is 32.4 Å². The lowest BCUT2D eigenvalue weighted by Gasteiger charge is -2.22. The van der Waals surface area contributed by atoms with E-state index in [0.717, 1.165) is 22.7 Å². The van der Waals surface area contributed by atoms with Gasteiger partial charge >= 0.3 is 0 Å². The molecule has 0 spiro atoms. The molecule has 2 heterocycles. The van der Waals surface area contributed by atoms with E-state index in [1.165, 1.54) is 0 Å². The number of carbonyl (C=O) groups excluding carboxylic acids is 1. The van der Waals surface area contributed by atoms with Crippen LogP contribution in [-0.4, -0.2) is 31.1 Å². The average Bonchev–Trinajstić information content (AvgIpc) is 2.80. The molecule has 20 heavy (non-hydrogen) atoms. The van der Waals surface area contributed by atoms with E-state index in [-0.39, 0.29) is 5.91 Å². The van der Waals surface area contributed by atoms with E-state index in [1.54, 1.807) is 4.68 Å². The standard InChI is InChI=1S/C13H20ClN5O/c1-8-10-11(18(4)17-8)19(9(16-10)5-6-14)7-13(2,3)12(15)20/h5-7H2,1-4H3,(H2,15,20). The fourth-order valence-corrected chi connectivity index (χ4v) is 2.46. The first-order valence-electron chi connectivity index (χ1n) is 6.52. The monoisotopic (exact) mass is 297 g/mol. The fraction of sp³-hybridized carbons (Fsp3) is 0.615. The average molecular weight is 298 g/mol. The van der Waals surface area contributed by atoms with Crippen LogP contribution in [0.1, 0.15) is 25.4 Å². The first-order valence-corrected chi connectivity index (χ1v) is 7.06. The molecule has 0 aliphatic heterocycles. The number of primary amides is 1. The maximum absolute atomic E-state index is 11.6. The zero-order valence-corrected chi connectivity index (χ0v) is 13.0. The summed E-state index contributed by atoms with van der Waals surface area (Å²) in [5, 5.41) is 4.37. The molecule has 0 aliphatic carbocycles. The van der Waals surface area contributed by atoms with Crippen molar-refractivity contribution in [1.29, 1.82) is 0 Å². The van der Waals surface area contributed by atoms with Crippen molar-refractivity contribution < 1.29 is 4.79 Å². The second kappa shape index (κ2) is 5.09. The molecule has 2 rings (SSSR count). The molecular weight excluding hydrogens is 278 g/mol. The number of hydrogen-bond acceptors (Lipinski definition) is 3. The van der Waals surface area contributed by atoms with Gasteiger partial charge in [0.05, 0.1) is 11.1 Å². The minimum absolute atomic E-state index is 0.338. The SMILES string of the molecule is Cc1nn(C)c2c1nc(CCCl)n2CC(C)(C)C(N)=O. The summed E-state index contributed by atoms with van der Waals surface area (Å²) in [7, 11) is 1.87. The van der Waals surface area contributed by atoms with E-state index in [0.29, 0.717) is 18.8 Å². The number of alkyl halides is 1. The molecule has 2 aromatic heterocycles. The van der Waals surface area contributed by atoms with Crippen LogP contribution in [0.4, 0.5) is 0 Å². The predicted octanol–water partition coefficient (Wildman–Crippen LogP) is 1.37. The van der Waals surface area contributed by atoms with Gasteiger partial charge in [0.2, 0.25) is 5.91 Å². The number of aryl methyl sites for hydroxylation is 3. The highest BCUT2D eigenvalue weighted by molar-refractivity contribution is 6.17. The number of fused-ring (bicyclic) bond motifs is 1. The van der Waals surface area contributed by atoms with Gasteiger partial charge in [-0.15, -0.1) is 11.6 Å². The quantitative estimate of drug-likeness (QED) is 0.847. The van der Waals surface area contributed by atoms with E-state index in [2.05, 4.69) is 10.1 Å². The largest absolute Gasteiger partial charge is 0.369 e. The maximum Gasteiger partial charge on any atom is 0.224 e. The Morgan fingerprint density at radius 3 is 2.65 bits per heavy atom. The molecule has 0 aromatic carbocycles. The maximum atomic E-state index is 11.6. The molecule has 2 N–H and O–H groups in total. The molecule has 110 valence electrons.